The molecule has 0 saturated carbocycles. The molecule has 2 atom stereocenters. The van der Waals surface area contributed by atoms with E-state index in [0.29, 0.717) is 5.82 Å². The molecule has 0 amide bonds. The van der Waals surface area contributed by atoms with Gasteiger partial charge in [0.15, 0.2) is 5.82 Å². The van der Waals surface area contributed by atoms with Crippen LogP contribution < -0.4 is 0 Å². The quantitative estimate of drug-likeness (QED) is 0.206. The average Bonchev–Trinajstić information content (AvgIpc) is 3.15. The SMILES string of the molecule is C1=CC2c3ccccc3-c3c(nc(-c4ccc(-c5cc(-c6ccccc6)nc(-c6ccccc6)n5)cc4)c4ccccc34)C2C=C1. The highest BCUT2D eigenvalue weighted by atomic mass is 14.9. The lowest BCUT2D eigenvalue weighted by molar-refractivity contribution is 0.700. The van der Waals surface area contributed by atoms with Crippen LogP contribution in [0.4, 0.5) is 0 Å². The van der Waals surface area contributed by atoms with Crippen molar-refractivity contribution in [1.29, 1.82) is 0 Å². The number of hydrogen-bond acceptors (Lipinski definition) is 3. The molecule has 2 aromatic heterocycles. The molecule has 0 fully saturated rings. The van der Waals surface area contributed by atoms with E-state index in [9.17, 15) is 0 Å². The van der Waals surface area contributed by atoms with Gasteiger partial charge in [-0.15, -0.1) is 0 Å². The van der Waals surface area contributed by atoms with Crippen LogP contribution in [-0.2, 0) is 0 Å². The first-order valence-corrected chi connectivity index (χ1v) is 15.8. The molecule has 7 aromatic rings. The van der Waals surface area contributed by atoms with Crippen molar-refractivity contribution in [3.63, 3.8) is 0 Å². The predicted molar refractivity (Wildman–Crippen MR) is 188 cm³/mol. The minimum atomic E-state index is 0.200. The van der Waals surface area contributed by atoms with Crippen molar-refractivity contribution in [1.82, 2.24) is 15.0 Å². The van der Waals surface area contributed by atoms with Gasteiger partial charge < -0.3 is 0 Å². The summed E-state index contributed by atoms with van der Waals surface area (Å²) in [5.41, 5.74) is 12.1. The third-order valence-corrected chi connectivity index (χ3v) is 9.26. The molecule has 2 heterocycles. The van der Waals surface area contributed by atoms with Crippen LogP contribution in [-0.4, -0.2) is 15.0 Å². The Morgan fingerprint density at radius 3 is 1.74 bits per heavy atom. The Bertz CT molecular complexity index is 2240. The van der Waals surface area contributed by atoms with Crippen molar-refractivity contribution in [3.8, 4) is 56.3 Å². The predicted octanol–water partition coefficient (Wildman–Crippen LogP) is 10.7. The second kappa shape index (κ2) is 10.9. The summed E-state index contributed by atoms with van der Waals surface area (Å²) in [6.07, 6.45) is 8.98. The van der Waals surface area contributed by atoms with Crippen LogP contribution in [0.2, 0.25) is 0 Å². The summed E-state index contributed by atoms with van der Waals surface area (Å²) in [6, 6.07) is 48.9. The van der Waals surface area contributed by atoms with Gasteiger partial charge in [-0.3, -0.25) is 4.98 Å². The molecule has 0 aliphatic heterocycles. The van der Waals surface area contributed by atoms with Gasteiger partial charge >= 0.3 is 0 Å². The molecular weight excluding hydrogens is 558 g/mol. The second-order valence-corrected chi connectivity index (χ2v) is 11.9. The highest BCUT2D eigenvalue weighted by Crippen LogP contribution is 2.51. The molecule has 46 heavy (non-hydrogen) atoms. The van der Waals surface area contributed by atoms with E-state index in [2.05, 4.69) is 127 Å². The van der Waals surface area contributed by atoms with Crippen molar-refractivity contribution < 1.29 is 0 Å². The maximum atomic E-state index is 5.49. The van der Waals surface area contributed by atoms with Gasteiger partial charge in [0.25, 0.3) is 0 Å². The Labute approximate surface area is 268 Å². The molecule has 2 aliphatic carbocycles. The van der Waals surface area contributed by atoms with Crippen LogP contribution in [0, 0.1) is 0 Å². The van der Waals surface area contributed by atoms with Crippen LogP contribution in [0.15, 0.2) is 164 Å². The van der Waals surface area contributed by atoms with Gasteiger partial charge in [-0.05, 0) is 22.6 Å². The molecule has 5 aromatic carbocycles. The van der Waals surface area contributed by atoms with Crippen molar-refractivity contribution >= 4 is 10.8 Å². The standard InChI is InChI=1S/C43H29N3/c1-3-13-28(14-4-1)38-27-39(45-43(44-38)31-15-5-2-6-16-31)29-23-25-30(26-24-29)41-37-22-12-10-20-35(37)40-34-19-9-7-17-32(34)33-18-8-11-21-36(33)42(40)46-41/h1-27,33,36H. The largest absolute Gasteiger partial charge is 0.251 e. The van der Waals surface area contributed by atoms with Crippen LogP contribution in [0.3, 0.4) is 0 Å². The smallest absolute Gasteiger partial charge is 0.160 e. The van der Waals surface area contributed by atoms with E-state index >= 15 is 0 Å². The fourth-order valence-electron chi connectivity index (χ4n) is 7.07. The Balaban J connectivity index is 1.19. The summed E-state index contributed by atoms with van der Waals surface area (Å²) in [7, 11) is 0. The summed E-state index contributed by atoms with van der Waals surface area (Å²) < 4.78 is 0. The summed E-state index contributed by atoms with van der Waals surface area (Å²) >= 11 is 0. The van der Waals surface area contributed by atoms with Crippen molar-refractivity contribution in [2.75, 3.05) is 0 Å². The Morgan fingerprint density at radius 2 is 1.00 bits per heavy atom. The molecular formula is C43H29N3. The first kappa shape index (κ1) is 26.5. The van der Waals surface area contributed by atoms with E-state index in [4.69, 9.17) is 15.0 Å². The highest BCUT2D eigenvalue weighted by molar-refractivity contribution is 6.05. The van der Waals surface area contributed by atoms with Crippen molar-refractivity contribution in [3.05, 3.63) is 175 Å². The van der Waals surface area contributed by atoms with Crippen LogP contribution >= 0.6 is 0 Å². The topological polar surface area (TPSA) is 38.7 Å². The monoisotopic (exact) mass is 587 g/mol. The zero-order valence-electron chi connectivity index (χ0n) is 25.1. The van der Waals surface area contributed by atoms with Gasteiger partial charge in [0.2, 0.25) is 0 Å². The summed E-state index contributed by atoms with van der Waals surface area (Å²) in [6.45, 7) is 0. The van der Waals surface area contributed by atoms with E-state index in [1.165, 1.54) is 22.1 Å². The van der Waals surface area contributed by atoms with Gasteiger partial charge in [0.05, 0.1) is 22.8 Å². The third-order valence-electron chi connectivity index (χ3n) is 9.26. The molecule has 3 heteroatoms. The molecule has 3 nitrogen and oxygen atoms in total. The van der Waals surface area contributed by atoms with Gasteiger partial charge in [-0.25, -0.2) is 9.97 Å². The average molecular weight is 588 g/mol. The van der Waals surface area contributed by atoms with Gasteiger partial charge in [0, 0.05) is 45.0 Å². The maximum Gasteiger partial charge on any atom is 0.160 e. The number of benzene rings is 5. The molecule has 216 valence electrons. The molecule has 0 N–H and O–H groups in total. The Kier molecular flexibility index (Phi) is 6.27. The first-order valence-electron chi connectivity index (χ1n) is 15.8. The van der Waals surface area contributed by atoms with E-state index in [0.717, 1.165) is 50.4 Å². The lowest BCUT2D eigenvalue weighted by atomic mass is 9.71. The number of fused-ring (bicyclic) bond motifs is 8. The third kappa shape index (κ3) is 4.40. The molecule has 2 aliphatic rings. The fourth-order valence-corrected chi connectivity index (χ4v) is 7.07. The fraction of sp³-hybridized carbons (Fsp3) is 0.0465. The van der Waals surface area contributed by atoms with E-state index in [1.807, 2.05) is 36.4 Å². The van der Waals surface area contributed by atoms with Gasteiger partial charge in [-0.1, -0.05) is 158 Å². The number of allylic oxidation sites excluding steroid dienone is 4. The summed E-state index contributed by atoms with van der Waals surface area (Å²) in [5.74, 6) is 1.20. The number of pyridine rings is 1. The lowest BCUT2D eigenvalue weighted by Crippen LogP contribution is -2.18. The number of hydrogen-bond donors (Lipinski definition) is 0. The lowest BCUT2D eigenvalue weighted by Gasteiger charge is -2.34. The van der Waals surface area contributed by atoms with Crippen LogP contribution in [0.5, 0.6) is 0 Å². The Hall–Kier alpha value is -5.93. The highest BCUT2D eigenvalue weighted by Gasteiger charge is 2.34. The normalized spacial score (nSPS) is 16.1. The molecule has 0 spiro atoms. The van der Waals surface area contributed by atoms with E-state index in [-0.39, 0.29) is 11.8 Å². The molecule has 0 saturated heterocycles. The van der Waals surface area contributed by atoms with E-state index in [1.54, 1.807) is 0 Å². The Morgan fingerprint density at radius 1 is 0.435 bits per heavy atom. The van der Waals surface area contributed by atoms with Gasteiger partial charge in [-0.2, -0.15) is 0 Å². The van der Waals surface area contributed by atoms with Crippen LogP contribution in [0.25, 0.3) is 67.1 Å². The van der Waals surface area contributed by atoms with Crippen molar-refractivity contribution in [2.45, 2.75) is 11.8 Å². The second-order valence-electron chi connectivity index (χ2n) is 11.9. The van der Waals surface area contributed by atoms with Gasteiger partial charge in [0.1, 0.15) is 0 Å². The number of nitrogens with zero attached hydrogens (tertiary/aromatic N) is 3. The van der Waals surface area contributed by atoms with Crippen molar-refractivity contribution in [2.24, 2.45) is 0 Å². The summed E-state index contributed by atoms with van der Waals surface area (Å²) in [5, 5.41) is 2.41. The van der Waals surface area contributed by atoms with E-state index < -0.39 is 0 Å². The minimum Gasteiger partial charge on any atom is -0.251 e. The number of rotatable bonds is 4. The minimum absolute atomic E-state index is 0.200. The zero-order valence-corrected chi connectivity index (χ0v) is 25.1. The molecule has 2 unspecified atom stereocenters. The first-order chi connectivity index (χ1) is 22.8. The molecule has 0 bridgehead atoms. The maximum absolute atomic E-state index is 5.49. The van der Waals surface area contributed by atoms with Crippen LogP contribution in [0.1, 0.15) is 23.1 Å². The molecule has 9 rings (SSSR count). The summed E-state index contributed by atoms with van der Waals surface area (Å²) in [4.78, 5) is 15.5. The zero-order chi connectivity index (χ0) is 30.5. The molecule has 0 radical (unpaired) electrons. The number of aromatic nitrogens is 3.